The van der Waals surface area contributed by atoms with Crippen LogP contribution in [0.5, 0.6) is 0 Å². The highest BCUT2D eigenvalue weighted by molar-refractivity contribution is 5.95. The first kappa shape index (κ1) is 12.2. The van der Waals surface area contributed by atoms with Crippen LogP contribution in [-0.4, -0.2) is 22.6 Å². The number of anilines is 1. The van der Waals surface area contributed by atoms with Crippen molar-refractivity contribution in [3.05, 3.63) is 48.0 Å². The minimum atomic E-state index is -0.344. The van der Waals surface area contributed by atoms with Gasteiger partial charge < -0.3 is 14.6 Å². The number of rotatable bonds is 4. The molecule has 0 saturated heterocycles. The van der Waals surface area contributed by atoms with Crippen LogP contribution in [0, 0.1) is 0 Å². The van der Waals surface area contributed by atoms with E-state index >= 15 is 0 Å². The molecule has 2 rings (SSSR count). The molecule has 0 aliphatic heterocycles. The van der Waals surface area contributed by atoms with Gasteiger partial charge in [0.05, 0.1) is 31.2 Å². The summed E-state index contributed by atoms with van der Waals surface area (Å²) in [5.41, 5.74) is 2.32. The van der Waals surface area contributed by atoms with E-state index in [9.17, 15) is 4.79 Å². The van der Waals surface area contributed by atoms with Crippen LogP contribution in [0.2, 0.25) is 0 Å². The molecule has 5 nitrogen and oxygen atoms in total. The van der Waals surface area contributed by atoms with Crippen LogP contribution < -0.4 is 5.32 Å². The Morgan fingerprint density at radius 1 is 1.44 bits per heavy atom. The van der Waals surface area contributed by atoms with Crippen LogP contribution in [0.25, 0.3) is 0 Å². The molecule has 18 heavy (non-hydrogen) atoms. The van der Waals surface area contributed by atoms with Gasteiger partial charge >= 0.3 is 5.97 Å². The Morgan fingerprint density at radius 2 is 2.22 bits per heavy atom. The zero-order valence-corrected chi connectivity index (χ0v) is 10.4. The minimum Gasteiger partial charge on any atom is -0.465 e. The maximum atomic E-state index is 11.6. The van der Waals surface area contributed by atoms with Gasteiger partial charge in [-0.1, -0.05) is 12.1 Å². The number of esters is 1. The van der Waals surface area contributed by atoms with Gasteiger partial charge in [0.15, 0.2) is 0 Å². The number of methoxy groups -OCH3 is 1. The summed E-state index contributed by atoms with van der Waals surface area (Å²) in [5.74, 6) is -0.344. The molecule has 0 atom stereocenters. The monoisotopic (exact) mass is 245 g/mol. The fourth-order valence-electron chi connectivity index (χ4n) is 1.67. The molecule has 0 radical (unpaired) electrons. The van der Waals surface area contributed by atoms with E-state index in [0.717, 1.165) is 11.4 Å². The predicted molar refractivity (Wildman–Crippen MR) is 68.3 cm³/mol. The molecule has 2 aromatic rings. The first-order valence-electron chi connectivity index (χ1n) is 5.59. The number of nitrogens with one attached hydrogen (secondary N) is 1. The van der Waals surface area contributed by atoms with Crippen molar-refractivity contribution in [3.63, 3.8) is 0 Å². The van der Waals surface area contributed by atoms with Crippen molar-refractivity contribution in [2.45, 2.75) is 6.54 Å². The number of nitrogens with zero attached hydrogens (tertiary/aromatic N) is 2. The molecule has 0 spiro atoms. The zero-order valence-electron chi connectivity index (χ0n) is 10.4. The smallest absolute Gasteiger partial charge is 0.339 e. The molecule has 0 amide bonds. The minimum absolute atomic E-state index is 0.344. The molecule has 94 valence electrons. The molecule has 1 aromatic heterocycles. The summed E-state index contributed by atoms with van der Waals surface area (Å²) >= 11 is 0. The summed E-state index contributed by atoms with van der Waals surface area (Å²) in [7, 11) is 3.30. The van der Waals surface area contributed by atoms with Gasteiger partial charge in [-0.05, 0) is 12.1 Å². The summed E-state index contributed by atoms with van der Waals surface area (Å²) in [5, 5.41) is 3.21. The van der Waals surface area contributed by atoms with Gasteiger partial charge in [-0.15, -0.1) is 0 Å². The standard InChI is InChI=1S/C13H15N3O2/c1-16-9-14-7-10(16)8-15-12-6-4-3-5-11(12)13(17)18-2/h3-7,9,15H,8H2,1-2H3. The number of ether oxygens (including phenoxy) is 1. The average molecular weight is 245 g/mol. The Labute approximate surface area is 105 Å². The van der Waals surface area contributed by atoms with Crippen LogP contribution in [0.1, 0.15) is 16.1 Å². The lowest BCUT2D eigenvalue weighted by Crippen LogP contribution is -2.09. The van der Waals surface area contributed by atoms with Crippen molar-refractivity contribution < 1.29 is 9.53 Å². The highest BCUT2D eigenvalue weighted by Crippen LogP contribution is 2.16. The largest absolute Gasteiger partial charge is 0.465 e. The highest BCUT2D eigenvalue weighted by Gasteiger charge is 2.10. The lowest BCUT2D eigenvalue weighted by Gasteiger charge is -2.10. The number of aromatic nitrogens is 2. The molecule has 0 aliphatic rings. The summed E-state index contributed by atoms with van der Waals surface area (Å²) in [6, 6.07) is 7.26. The van der Waals surface area contributed by atoms with Gasteiger partial charge in [-0.3, -0.25) is 0 Å². The molecular formula is C13H15N3O2. The van der Waals surface area contributed by atoms with Crippen LogP contribution >= 0.6 is 0 Å². The van der Waals surface area contributed by atoms with E-state index in [0.29, 0.717) is 12.1 Å². The third-order valence-electron chi connectivity index (χ3n) is 2.71. The number of hydrogen-bond donors (Lipinski definition) is 1. The van der Waals surface area contributed by atoms with Crippen molar-refractivity contribution in [3.8, 4) is 0 Å². The number of para-hydroxylation sites is 1. The molecule has 1 N–H and O–H groups in total. The molecule has 0 aliphatic carbocycles. The Bertz CT molecular complexity index is 549. The van der Waals surface area contributed by atoms with Crippen LogP contribution in [-0.2, 0) is 18.3 Å². The fourth-order valence-corrected chi connectivity index (χ4v) is 1.67. The molecule has 0 unspecified atom stereocenters. The first-order valence-corrected chi connectivity index (χ1v) is 5.59. The Morgan fingerprint density at radius 3 is 2.89 bits per heavy atom. The second-order valence-electron chi connectivity index (χ2n) is 3.89. The van der Waals surface area contributed by atoms with Gasteiger partial charge in [-0.25, -0.2) is 9.78 Å². The molecule has 1 heterocycles. The summed E-state index contributed by atoms with van der Waals surface area (Å²) in [4.78, 5) is 15.6. The van der Waals surface area contributed by atoms with Gasteiger partial charge in [0.25, 0.3) is 0 Å². The second kappa shape index (κ2) is 5.35. The predicted octanol–water partition coefficient (Wildman–Crippen LogP) is 1.82. The maximum Gasteiger partial charge on any atom is 0.339 e. The molecule has 0 saturated carbocycles. The average Bonchev–Trinajstić information content (AvgIpc) is 2.81. The number of imidazole rings is 1. The number of aryl methyl sites for hydroxylation is 1. The van der Waals surface area contributed by atoms with Crippen molar-refractivity contribution in [1.82, 2.24) is 9.55 Å². The number of carbonyl (C=O) groups excluding carboxylic acids is 1. The van der Waals surface area contributed by atoms with Crippen LogP contribution in [0.15, 0.2) is 36.8 Å². The molecule has 0 bridgehead atoms. The van der Waals surface area contributed by atoms with Crippen molar-refractivity contribution in [2.75, 3.05) is 12.4 Å². The van der Waals surface area contributed by atoms with Crippen LogP contribution in [0.3, 0.4) is 0 Å². The van der Waals surface area contributed by atoms with E-state index in [4.69, 9.17) is 4.74 Å². The van der Waals surface area contributed by atoms with Gasteiger partial charge in [-0.2, -0.15) is 0 Å². The summed E-state index contributed by atoms with van der Waals surface area (Å²) in [6.07, 6.45) is 3.52. The molecular weight excluding hydrogens is 230 g/mol. The Hall–Kier alpha value is -2.30. The lowest BCUT2D eigenvalue weighted by molar-refractivity contribution is 0.0602. The Kier molecular flexibility index (Phi) is 3.62. The van der Waals surface area contributed by atoms with E-state index in [1.807, 2.05) is 29.8 Å². The lowest BCUT2D eigenvalue weighted by atomic mass is 10.2. The first-order chi connectivity index (χ1) is 8.72. The van der Waals surface area contributed by atoms with Gasteiger partial charge in [0, 0.05) is 18.9 Å². The van der Waals surface area contributed by atoms with Crippen LogP contribution in [0.4, 0.5) is 5.69 Å². The quantitative estimate of drug-likeness (QED) is 0.835. The number of benzene rings is 1. The topological polar surface area (TPSA) is 56.1 Å². The number of hydrogen-bond acceptors (Lipinski definition) is 4. The Balaban J connectivity index is 2.14. The highest BCUT2D eigenvalue weighted by atomic mass is 16.5. The van der Waals surface area contributed by atoms with E-state index in [-0.39, 0.29) is 5.97 Å². The van der Waals surface area contributed by atoms with Gasteiger partial charge in [0.1, 0.15) is 0 Å². The maximum absolute atomic E-state index is 11.6. The molecule has 1 aromatic carbocycles. The van der Waals surface area contributed by atoms with E-state index in [1.54, 1.807) is 18.6 Å². The van der Waals surface area contributed by atoms with E-state index in [1.165, 1.54) is 7.11 Å². The molecule has 0 fully saturated rings. The fraction of sp³-hybridized carbons (Fsp3) is 0.231. The zero-order chi connectivity index (χ0) is 13.0. The van der Waals surface area contributed by atoms with E-state index in [2.05, 4.69) is 10.3 Å². The second-order valence-corrected chi connectivity index (χ2v) is 3.89. The third kappa shape index (κ3) is 2.51. The van der Waals surface area contributed by atoms with Gasteiger partial charge in [0.2, 0.25) is 0 Å². The van der Waals surface area contributed by atoms with Crippen molar-refractivity contribution >= 4 is 11.7 Å². The normalized spacial score (nSPS) is 10.1. The van der Waals surface area contributed by atoms with E-state index < -0.39 is 0 Å². The summed E-state index contributed by atoms with van der Waals surface area (Å²) < 4.78 is 6.67. The van der Waals surface area contributed by atoms with Crippen molar-refractivity contribution in [1.29, 1.82) is 0 Å². The molecule has 5 heteroatoms. The third-order valence-corrected chi connectivity index (χ3v) is 2.71. The SMILES string of the molecule is COC(=O)c1ccccc1NCc1cncn1C. The number of carbonyl (C=O) groups is 1. The summed E-state index contributed by atoms with van der Waals surface area (Å²) in [6.45, 7) is 0.602. The van der Waals surface area contributed by atoms with Crippen molar-refractivity contribution in [2.24, 2.45) is 7.05 Å².